The van der Waals surface area contributed by atoms with Gasteiger partial charge in [0.2, 0.25) is 0 Å². The molecule has 6 atom stereocenters. The van der Waals surface area contributed by atoms with Crippen molar-refractivity contribution in [3.05, 3.63) is 46.5 Å². The minimum Gasteiger partial charge on any atom is -0.478 e. The molecule has 2 saturated carbocycles. The van der Waals surface area contributed by atoms with Gasteiger partial charge in [-0.3, -0.25) is 0 Å². The molecule has 1 aromatic carbocycles. The van der Waals surface area contributed by atoms with Crippen molar-refractivity contribution in [2.24, 2.45) is 28.6 Å². The number of aliphatic hydroxyl groups is 1. The highest BCUT2D eigenvalue weighted by molar-refractivity contribution is 7.16. The van der Waals surface area contributed by atoms with Crippen LogP contribution in [0, 0.1) is 28.6 Å². The molecule has 168 valence electrons. The summed E-state index contributed by atoms with van der Waals surface area (Å²) in [4.78, 5) is 17.5. The summed E-state index contributed by atoms with van der Waals surface area (Å²) >= 11 is 1.78. The summed E-state index contributed by atoms with van der Waals surface area (Å²) in [5.74, 6) is 1.14. The molecule has 1 unspecified atom stereocenters. The summed E-state index contributed by atoms with van der Waals surface area (Å²) in [6, 6.07) is 7.10. The van der Waals surface area contributed by atoms with Crippen molar-refractivity contribution in [2.75, 3.05) is 0 Å². The van der Waals surface area contributed by atoms with Gasteiger partial charge in [0.25, 0.3) is 0 Å². The number of hydrogen-bond acceptors (Lipinski definition) is 4. The number of benzene rings is 1. The van der Waals surface area contributed by atoms with Crippen LogP contribution in [0.2, 0.25) is 0 Å². The molecule has 0 amide bonds. The van der Waals surface area contributed by atoms with Crippen LogP contribution in [0.3, 0.4) is 0 Å². The molecule has 0 radical (unpaired) electrons. The second-order valence-electron chi connectivity index (χ2n) is 11.0. The minimum atomic E-state index is -0.897. The molecule has 5 heteroatoms. The van der Waals surface area contributed by atoms with Crippen LogP contribution in [0.15, 0.2) is 30.3 Å². The van der Waals surface area contributed by atoms with Gasteiger partial charge in [0, 0.05) is 5.56 Å². The molecule has 1 aromatic heterocycles. The van der Waals surface area contributed by atoms with Crippen LogP contribution in [0.5, 0.6) is 0 Å². The maximum atomic E-state index is 11.2. The number of aromatic nitrogens is 1. The van der Waals surface area contributed by atoms with Crippen LogP contribution in [0.25, 0.3) is 16.1 Å². The van der Waals surface area contributed by atoms with E-state index in [-0.39, 0.29) is 16.9 Å². The highest BCUT2D eigenvalue weighted by Gasteiger charge is 2.58. The second kappa shape index (κ2) is 7.01. The smallest absolute Gasteiger partial charge is 0.335 e. The van der Waals surface area contributed by atoms with Gasteiger partial charge in [-0.2, -0.15) is 0 Å². The molecule has 0 spiro atoms. The first kappa shape index (κ1) is 20.6. The van der Waals surface area contributed by atoms with Gasteiger partial charge in [0.05, 0.1) is 22.2 Å². The van der Waals surface area contributed by atoms with Crippen molar-refractivity contribution in [3.8, 4) is 10.6 Å². The summed E-state index contributed by atoms with van der Waals surface area (Å²) in [6.45, 7) is 4.84. The van der Waals surface area contributed by atoms with Crippen LogP contribution in [-0.2, 0) is 6.42 Å². The quantitative estimate of drug-likeness (QED) is 0.585. The number of carbonyl (C=O) groups is 1. The standard InChI is InChI=1S/C27H31NO3S/c1-26-14-12-21-23(32-24(28-21)15-3-5-16(6-4-15)25(30)31)20(26)8-7-17-18-9-10-22(29)27(18,2)13-11-19(17)26/h3-6,8,17-19,22,29H,7,9-14H2,1-2H3,(H,30,31)/t17-,18-,19-,22?,26+,27-/m0/s1. The van der Waals surface area contributed by atoms with E-state index < -0.39 is 5.97 Å². The van der Waals surface area contributed by atoms with Crippen molar-refractivity contribution in [2.45, 2.75) is 64.9 Å². The lowest BCUT2D eigenvalue weighted by Gasteiger charge is -2.56. The van der Waals surface area contributed by atoms with E-state index in [1.807, 2.05) is 12.1 Å². The Morgan fingerprint density at radius 1 is 1.09 bits per heavy atom. The van der Waals surface area contributed by atoms with Crippen LogP contribution < -0.4 is 0 Å². The average molecular weight is 450 g/mol. The lowest BCUT2D eigenvalue weighted by atomic mass is 9.48. The predicted molar refractivity (Wildman–Crippen MR) is 127 cm³/mol. The number of thiazole rings is 1. The fourth-order valence-corrected chi connectivity index (χ4v) is 9.02. The van der Waals surface area contributed by atoms with Crippen LogP contribution in [0.4, 0.5) is 0 Å². The number of carboxylic acid groups (broad SMARTS) is 1. The Labute approximate surface area is 193 Å². The summed E-state index contributed by atoms with van der Waals surface area (Å²) in [7, 11) is 0. The lowest BCUT2D eigenvalue weighted by molar-refractivity contribution is -0.0579. The van der Waals surface area contributed by atoms with E-state index in [9.17, 15) is 15.0 Å². The van der Waals surface area contributed by atoms with Gasteiger partial charge in [-0.05, 0) is 91.2 Å². The zero-order valence-electron chi connectivity index (χ0n) is 18.8. The fraction of sp³-hybridized carbons (Fsp3) is 0.556. The third-order valence-electron chi connectivity index (χ3n) is 9.62. The number of rotatable bonds is 2. The van der Waals surface area contributed by atoms with Crippen molar-refractivity contribution < 1.29 is 15.0 Å². The molecule has 1 heterocycles. The summed E-state index contributed by atoms with van der Waals surface area (Å²) in [5.41, 5.74) is 4.34. The number of allylic oxidation sites excluding steroid dienone is 2. The number of hydrogen-bond donors (Lipinski definition) is 2. The van der Waals surface area contributed by atoms with E-state index in [4.69, 9.17) is 4.98 Å². The third kappa shape index (κ3) is 2.76. The molecule has 4 aliphatic carbocycles. The van der Waals surface area contributed by atoms with Crippen molar-refractivity contribution in [1.82, 2.24) is 4.98 Å². The molecule has 2 N–H and O–H groups in total. The molecule has 0 aliphatic heterocycles. The number of carboxylic acids is 1. The summed E-state index contributed by atoms with van der Waals surface area (Å²) < 4.78 is 0. The Morgan fingerprint density at radius 3 is 2.62 bits per heavy atom. The van der Waals surface area contributed by atoms with Crippen molar-refractivity contribution in [3.63, 3.8) is 0 Å². The summed E-state index contributed by atoms with van der Waals surface area (Å²) in [6.07, 6.45) is 10.2. The number of aryl methyl sites for hydroxylation is 1. The normalized spacial score (nSPS) is 37.7. The topological polar surface area (TPSA) is 70.4 Å². The first-order valence-electron chi connectivity index (χ1n) is 12.0. The Balaban J connectivity index is 1.35. The van der Waals surface area contributed by atoms with E-state index in [1.54, 1.807) is 23.5 Å². The Morgan fingerprint density at radius 2 is 1.88 bits per heavy atom. The van der Waals surface area contributed by atoms with Gasteiger partial charge in [-0.1, -0.05) is 32.1 Å². The maximum absolute atomic E-state index is 11.2. The number of fused-ring (bicyclic) bond motifs is 7. The predicted octanol–water partition coefficient (Wildman–Crippen LogP) is 6.05. The number of nitrogens with zero attached hydrogens (tertiary/aromatic N) is 1. The van der Waals surface area contributed by atoms with Gasteiger partial charge >= 0.3 is 5.97 Å². The zero-order chi connectivity index (χ0) is 22.3. The highest BCUT2D eigenvalue weighted by Crippen LogP contribution is 2.66. The Hall–Kier alpha value is -1.98. The van der Waals surface area contributed by atoms with Gasteiger partial charge < -0.3 is 10.2 Å². The third-order valence-corrected chi connectivity index (χ3v) is 10.8. The maximum Gasteiger partial charge on any atom is 0.335 e. The van der Waals surface area contributed by atoms with Crippen LogP contribution in [0.1, 0.15) is 73.3 Å². The molecule has 2 fully saturated rings. The highest BCUT2D eigenvalue weighted by atomic mass is 32.1. The number of aliphatic hydroxyl groups excluding tert-OH is 1. The number of aromatic carboxylic acids is 1. The molecular formula is C27H31NO3S. The van der Waals surface area contributed by atoms with Gasteiger partial charge in [-0.25, -0.2) is 9.78 Å². The Kier molecular flexibility index (Phi) is 4.51. The van der Waals surface area contributed by atoms with E-state index in [0.717, 1.165) is 42.7 Å². The molecule has 0 bridgehead atoms. The van der Waals surface area contributed by atoms with E-state index in [0.29, 0.717) is 23.3 Å². The average Bonchev–Trinajstić information content (AvgIpc) is 3.34. The molecular weight excluding hydrogens is 418 g/mol. The zero-order valence-corrected chi connectivity index (χ0v) is 19.6. The van der Waals surface area contributed by atoms with E-state index >= 15 is 0 Å². The van der Waals surface area contributed by atoms with Crippen LogP contribution in [-0.4, -0.2) is 27.3 Å². The molecule has 32 heavy (non-hydrogen) atoms. The SMILES string of the molecule is C[C@]12CCc3nc(-c4ccc(C(=O)O)cc4)sc3C1=CC[C@@H]1[C@@H]2CC[C@]2(C)C(O)CC[C@@H]12. The van der Waals surface area contributed by atoms with Crippen molar-refractivity contribution >= 4 is 22.9 Å². The molecule has 2 aromatic rings. The van der Waals surface area contributed by atoms with Gasteiger partial charge in [0.15, 0.2) is 0 Å². The molecule has 6 rings (SSSR count). The first-order valence-corrected chi connectivity index (χ1v) is 12.9. The van der Waals surface area contributed by atoms with Gasteiger partial charge in [-0.15, -0.1) is 11.3 Å². The lowest BCUT2D eigenvalue weighted by Crippen LogP contribution is -2.50. The monoisotopic (exact) mass is 449 g/mol. The van der Waals surface area contributed by atoms with Gasteiger partial charge in [0.1, 0.15) is 5.01 Å². The van der Waals surface area contributed by atoms with Crippen LogP contribution >= 0.6 is 11.3 Å². The largest absolute Gasteiger partial charge is 0.478 e. The second-order valence-corrected chi connectivity index (χ2v) is 12.0. The van der Waals surface area contributed by atoms with E-state index in [1.165, 1.54) is 29.0 Å². The first-order chi connectivity index (χ1) is 15.3. The molecule has 0 saturated heterocycles. The van der Waals surface area contributed by atoms with Crippen molar-refractivity contribution in [1.29, 1.82) is 0 Å². The Bertz CT molecular complexity index is 1120. The minimum absolute atomic E-state index is 0.114. The molecule has 4 nitrogen and oxygen atoms in total. The molecule has 4 aliphatic rings. The van der Waals surface area contributed by atoms with E-state index in [2.05, 4.69) is 19.9 Å². The summed E-state index contributed by atoms with van der Waals surface area (Å²) in [5, 5.41) is 20.9. The fourth-order valence-electron chi connectivity index (χ4n) is 7.73.